The summed E-state index contributed by atoms with van der Waals surface area (Å²) in [6.07, 6.45) is -4.56. The number of aromatic nitrogens is 1. The van der Waals surface area contributed by atoms with Crippen molar-refractivity contribution in [1.82, 2.24) is 4.98 Å². The van der Waals surface area contributed by atoms with Crippen molar-refractivity contribution in [2.45, 2.75) is 6.18 Å². The molecule has 1 heterocycles. The highest BCUT2D eigenvalue weighted by atomic mass is 35.5. The smallest absolute Gasteiger partial charge is 0.416 e. The topological polar surface area (TPSA) is 125 Å². The molecule has 11 heteroatoms. The molecule has 2 aromatic rings. The maximum Gasteiger partial charge on any atom is 0.416 e. The van der Waals surface area contributed by atoms with E-state index < -0.39 is 11.7 Å². The largest absolute Gasteiger partial charge is 0.439 e. The molecule has 0 radical (unpaired) electrons. The Kier molecular flexibility index (Phi) is 5.32. The van der Waals surface area contributed by atoms with Crippen LogP contribution in [0.5, 0.6) is 11.6 Å². The van der Waals surface area contributed by atoms with Gasteiger partial charge in [0.05, 0.1) is 11.3 Å². The predicted molar refractivity (Wildman–Crippen MR) is 87.9 cm³/mol. The Labute approximate surface area is 145 Å². The summed E-state index contributed by atoms with van der Waals surface area (Å²) in [6.45, 7) is 0. The van der Waals surface area contributed by atoms with E-state index in [9.17, 15) is 13.2 Å². The van der Waals surface area contributed by atoms with E-state index in [0.717, 1.165) is 6.07 Å². The maximum atomic E-state index is 12.8. The summed E-state index contributed by atoms with van der Waals surface area (Å²) in [5.74, 6) is -0.466. The van der Waals surface area contributed by atoms with E-state index in [0.29, 0.717) is 11.8 Å². The minimum absolute atomic E-state index is 0.153. The van der Waals surface area contributed by atoms with Crippen LogP contribution in [-0.2, 0) is 6.18 Å². The number of nitrogens with two attached hydrogens (primary N) is 3. The van der Waals surface area contributed by atoms with Gasteiger partial charge < -0.3 is 21.9 Å². The third-order valence-electron chi connectivity index (χ3n) is 2.64. The lowest BCUT2D eigenvalue weighted by molar-refractivity contribution is -0.137. The van der Waals surface area contributed by atoms with E-state index in [1.807, 2.05) is 0 Å². The van der Waals surface area contributed by atoms with E-state index in [4.69, 9.17) is 33.5 Å². The van der Waals surface area contributed by atoms with Crippen LogP contribution in [0.3, 0.4) is 0 Å². The number of rotatable bonds is 3. The Morgan fingerprint density at radius 3 is 2.28 bits per heavy atom. The molecule has 7 nitrogen and oxygen atoms in total. The minimum atomic E-state index is -4.56. The highest BCUT2D eigenvalue weighted by Crippen LogP contribution is 2.33. The molecule has 1 aromatic heterocycles. The van der Waals surface area contributed by atoms with Gasteiger partial charge in [-0.05, 0) is 30.3 Å². The Morgan fingerprint density at radius 1 is 1.08 bits per heavy atom. The van der Waals surface area contributed by atoms with Gasteiger partial charge in [0, 0.05) is 6.07 Å². The van der Waals surface area contributed by atoms with Crippen molar-refractivity contribution < 1.29 is 17.9 Å². The zero-order valence-corrected chi connectivity index (χ0v) is 13.2. The number of alkyl halides is 3. The van der Waals surface area contributed by atoms with E-state index in [1.54, 1.807) is 0 Å². The molecule has 0 saturated carbocycles. The van der Waals surface area contributed by atoms with Crippen molar-refractivity contribution in [2.75, 3.05) is 0 Å². The first-order valence-electron chi connectivity index (χ1n) is 6.60. The normalized spacial score (nSPS) is 11.9. The first-order chi connectivity index (χ1) is 11.6. The van der Waals surface area contributed by atoms with Crippen LogP contribution in [0.4, 0.5) is 18.9 Å². The summed E-state index contributed by atoms with van der Waals surface area (Å²) in [5.41, 5.74) is 15.2. The van der Waals surface area contributed by atoms with E-state index in [1.165, 1.54) is 24.3 Å². The number of halogens is 4. The lowest BCUT2D eigenvalue weighted by Crippen LogP contribution is -2.26. The molecule has 0 spiro atoms. The summed E-state index contributed by atoms with van der Waals surface area (Å²) >= 11 is 5.59. The second-order valence-corrected chi connectivity index (χ2v) is 5.00. The summed E-state index contributed by atoms with van der Waals surface area (Å²) in [6, 6.07) is 7.36. The molecule has 2 rings (SSSR count). The van der Waals surface area contributed by atoms with Crippen molar-refractivity contribution >= 4 is 29.2 Å². The van der Waals surface area contributed by atoms with Gasteiger partial charge in [0.15, 0.2) is 5.96 Å². The predicted octanol–water partition coefficient (Wildman–Crippen LogP) is 2.77. The number of hydrogen-bond acceptors (Lipinski definition) is 3. The molecular weight excluding hydrogens is 361 g/mol. The first kappa shape index (κ1) is 18.3. The quantitative estimate of drug-likeness (QED) is 0.434. The molecule has 132 valence electrons. The number of pyridine rings is 1. The summed E-state index contributed by atoms with van der Waals surface area (Å²) in [4.78, 5) is 11.2. The second-order valence-electron chi connectivity index (χ2n) is 4.62. The molecule has 1 aromatic carbocycles. The fraction of sp³-hybridized carbons (Fsp3) is 0.0714. The number of nitrogens with zero attached hydrogens (tertiary/aromatic N) is 3. The van der Waals surface area contributed by atoms with Gasteiger partial charge in [-0.25, -0.2) is 9.98 Å². The Hall–Kier alpha value is -3.01. The molecule has 0 amide bonds. The van der Waals surface area contributed by atoms with Gasteiger partial charge in [0.2, 0.25) is 11.8 Å². The third kappa shape index (κ3) is 5.53. The second kappa shape index (κ2) is 7.26. The Balaban J connectivity index is 2.19. The molecule has 0 aliphatic heterocycles. The molecule has 0 saturated heterocycles. The highest BCUT2D eigenvalue weighted by molar-refractivity contribution is 6.29. The molecule has 0 aliphatic carbocycles. The first-order valence-corrected chi connectivity index (χ1v) is 6.98. The van der Waals surface area contributed by atoms with Gasteiger partial charge >= 0.3 is 6.18 Å². The molecule has 0 fully saturated rings. The van der Waals surface area contributed by atoms with Crippen LogP contribution in [0.25, 0.3) is 0 Å². The van der Waals surface area contributed by atoms with Crippen molar-refractivity contribution in [1.29, 1.82) is 0 Å². The van der Waals surface area contributed by atoms with Crippen LogP contribution < -0.4 is 21.9 Å². The standard InChI is InChI=1S/C14H12ClF3N6O/c15-10-5-7(14(16,17)18)6-11(23-10)25-9-3-1-8(2-4-9)22-13(21)24-12(19)20/h1-6H,(H6,19,20,21,22,24). The number of benzene rings is 1. The lowest BCUT2D eigenvalue weighted by Gasteiger charge is -2.10. The molecule has 0 bridgehead atoms. The van der Waals surface area contributed by atoms with E-state index in [2.05, 4.69) is 15.0 Å². The number of hydrogen-bond donors (Lipinski definition) is 3. The molecule has 6 N–H and O–H groups in total. The van der Waals surface area contributed by atoms with Crippen LogP contribution in [0.2, 0.25) is 5.15 Å². The van der Waals surface area contributed by atoms with Gasteiger partial charge in [-0.1, -0.05) is 11.6 Å². The lowest BCUT2D eigenvalue weighted by atomic mass is 10.2. The number of guanidine groups is 2. The average Bonchev–Trinajstić information content (AvgIpc) is 2.47. The summed E-state index contributed by atoms with van der Waals surface area (Å²) in [7, 11) is 0. The fourth-order valence-electron chi connectivity index (χ4n) is 1.69. The SMILES string of the molecule is NC(N)=NC(N)=Nc1ccc(Oc2cc(C(F)(F)F)cc(Cl)n2)cc1. The molecule has 0 unspecified atom stereocenters. The van der Waals surface area contributed by atoms with Crippen LogP contribution in [0.15, 0.2) is 46.4 Å². The van der Waals surface area contributed by atoms with E-state index in [-0.39, 0.29) is 28.7 Å². The van der Waals surface area contributed by atoms with Gasteiger partial charge in [-0.15, -0.1) is 0 Å². The Bertz CT molecular complexity index is 816. The zero-order valence-electron chi connectivity index (χ0n) is 12.5. The zero-order chi connectivity index (χ0) is 18.6. The van der Waals surface area contributed by atoms with Gasteiger partial charge in [0.25, 0.3) is 0 Å². The summed E-state index contributed by atoms with van der Waals surface area (Å²) < 4.78 is 43.5. The van der Waals surface area contributed by atoms with Crippen LogP contribution >= 0.6 is 11.6 Å². The molecule has 0 aliphatic rings. The van der Waals surface area contributed by atoms with Gasteiger partial charge in [0.1, 0.15) is 10.9 Å². The van der Waals surface area contributed by atoms with Crippen molar-refractivity contribution in [3.8, 4) is 11.6 Å². The van der Waals surface area contributed by atoms with Crippen molar-refractivity contribution in [2.24, 2.45) is 27.2 Å². The fourth-order valence-corrected chi connectivity index (χ4v) is 1.89. The third-order valence-corrected chi connectivity index (χ3v) is 2.84. The van der Waals surface area contributed by atoms with Crippen LogP contribution in [0, 0.1) is 0 Å². The summed E-state index contributed by atoms with van der Waals surface area (Å²) in [5, 5.41) is -0.337. The maximum absolute atomic E-state index is 12.8. The molecule has 25 heavy (non-hydrogen) atoms. The average molecular weight is 373 g/mol. The number of ether oxygens (including phenoxy) is 1. The number of aliphatic imine (C=N–C) groups is 2. The Morgan fingerprint density at radius 2 is 1.72 bits per heavy atom. The monoisotopic (exact) mass is 372 g/mol. The van der Waals surface area contributed by atoms with Crippen molar-refractivity contribution in [3.05, 3.63) is 47.1 Å². The van der Waals surface area contributed by atoms with Gasteiger partial charge in [-0.3, -0.25) is 0 Å². The van der Waals surface area contributed by atoms with Crippen LogP contribution in [-0.4, -0.2) is 16.9 Å². The van der Waals surface area contributed by atoms with Gasteiger partial charge in [-0.2, -0.15) is 18.2 Å². The highest BCUT2D eigenvalue weighted by Gasteiger charge is 2.31. The van der Waals surface area contributed by atoms with Crippen LogP contribution in [0.1, 0.15) is 5.56 Å². The molecular formula is C14H12ClF3N6O. The molecule has 0 atom stereocenters. The minimum Gasteiger partial charge on any atom is -0.439 e. The van der Waals surface area contributed by atoms with E-state index >= 15 is 0 Å². The van der Waals surface area contributed by atoms with Crippen molar-refractivity contribution in [3.63, 3.8) is 0 Å².